The normalized spacial score (nSPS) is 34.2. The molecule has 3 heteroatoms. The van der Waals surface area contributed by atoms with Gasteiger partial charge in [0.2, 0.25) is 0 Å². The number of hydrogen-bond donors (Lipinski definition) is 1. The van der Waals surface area contributed by atoms with Crippen LogP contribution in [0, 0.1) is 17.2 Å². The monoisotopic (exact) mass is 241 g/mol. The van der Waals surface area contributed by atoms with E-state index in [9.17, 15) is 5.26 Å². The van der Waals surface area contributed by atoms with Gasteiger partial charge in [-0.1, -0.05) is 30.3 Å². The van der Waals surface area contributed by atoms with Crippen molar-refractivity contribution in [2.45, 2.75) is 24.9 Å². The molecule has 3 heterocycles. The van der Waals surface area contributed by atoms with Gasteiger partial charge in [-0.15, -0.1) is 0 Å². The molecule has 3 fully saturated rings. The minimum Gasteiger partial charge on any atom is -0.300 e. The fourth-order valence-corrected chi connectivity index (χ4v) is 3.29. The van der Waals surface area contributed by atoms with Gasteiger partial charge in [0.05, 0.1) is 6.07 Å². The summed E-state index contributed by atoms with van der Waals surface area (Å²) in [6.45, 7) is 4.02. The van der Waals surface area contributed by atoms with E-state index >= 15 is 0 Å². The van der Waals surface area contributed by atoms with E-state index in [0.29, 0.717) is 5.92 Å². The van der Waals surface area contributed by atoms with Gasteiger partial charge in [0, 0.05) is 13.1 Å². The van der Waals surface area contributed by atoms with Crippen LogP contribution in [-0.2, 0) is 6.54 Å². The molecule has 3 aliphatic heterocycles. The molecule has 0 spiro atoms. The zero-order valence-corrected chi connectivity index (χ0v) is 10.6. The second kappa shape index (κ2) is 4.72. The lowest BCUT2D eigenvalue weighted by atomic mass is 9.73. The molecule has 4 rings (SSSR count). The van der Waals surface area contributed by atoms with E-state index in [-0.39, 0.29) is 5.54 Å². The minimum absolute atomic E-state index is 0.327. The lowest BCUT2D eigenvalue weighted by Gasteiger charge is -2.50. The molecule has 94 valence electrons. The average Bonchev–Trinajstić information content (AvgIpc) is 2.47. The van der Waals surface area contributed by atoms with Gasteiger partial charge in [-0.3, -0.25) is 5.32 Å². The third kappa shape index (κ3) is 2.03. The summed E-state index contributed by atoms with van der Waals surface area (Å²) >= 11 is 0. The quantitative estimate of drug-likeness (QED) is 0.876. The minimum atomic E-state index is -0.327. The van der Waals surface area contributed by atoms with E-state index in [1.54, 1.807) is 0 Å². The van der Waals surface area contributed by atoms with Crippen LogP contribution in [0.5, 0.6) is 0 Å². The lowest BCUT2D eigenvalue weighted by molar-refractivity contribution is 0.0360. The van der Waals surface area contributed by atoms with Crippen molar-refractivity contribution >= 4 is 0 Å². The summed E-state index contributed by atoms with van der Waals surface area (Å²) in [5.74, 6) is 0.524. The fourth-order valence-electron chi connectivity index (χ4n) is 3.29. The predicted octanol–water partition coefficient (Wildman–Crippen LogP) is 1.76. The number of hydrogen-bond acceptors (Lipinski definition) is 3. The van der Waals surface area contributed by atoms with Crippen molar-refractivity contribution < 1.29 is 0 Å². The summed E-state index contributed by atoms with van der Waals surface area (Å²) in [6, 6.07) is 12.9. The molecular formula is C15H19N3. The van der Waals surface area contributed by atoms with E-state index < -0.39 is 0 Å². The highest BCUT2D eigenvalue weighted by Gasteiger charge is 2.46. The topological polar surface area (TPSA) is 39.1 Å². The van der Waals surface area contributed by atoms with Crippen molar-refractivity contribution in [3.8, 4) is 6.07 Å². The predicted molar refractivity (Wildman–Crippen MR) is 70.8 cm³/mol. The highest BCUT2D eigenvalue weighted by molar-refractivity contribution is 5.20. The van der Waals surface area contributed by atoms with E-state index in [1.165, 1.54) is 18.7 Å². The molecule has 0 radical (unpaired) electrons. The third-order valence-electron chi connectivity index (χ3n) is 4.41. The SMILES string of the molecule is N#C[C@@]1(NCc2ccccc2)CN2CCC1CC2. The molecule has 2 bridgehead atoms. The summed E-state index contributed by atoms with van der Waals surface area (Å²) in [7, 11) is 0. The Balaban J connectivity index is 1.72. The first kappa shape index (κ1) is 11.7. The Morgan fingerprint density at radius 3 is 2.56 bits per heavy atom. The van der Waals surface area contributed by atoms with Crippen LogP contribution < -0.4 is 5.32 Å². The maximum Gasteiger partial charge on any atom is 0.122 e. The van der Waals surface area contributed by atoms with Crippen molar-refractivity contribution in [2.75, 3.05) is 19.6 Å². The molecule has 0 unspecified atom stereocenters. The van der Waals surface area contributed by atoms with Crippen LogP contribution in [0.15, 0.2) is 30.3 Å². The van der Waals surface area contributed by atoms with Crippen LogP contribution in [0.1, 0.15) is 18.4 Å². The van der Waals surface area contributed by atoms with E-state index in [4.69, 9.17) is 0 Å². The maximum absolute atomic E-state index is 9.60. The van der Waals surface area contributed by atoms with Gasteiger partial charge in [-0.05, 0) is 37.4 Å². The van der Waals surface area contributed by atoms with Gasteiger partial charge in [0.25, 0.3) is 0 Å². The van der Waals surface area contributed by atoms with Gasteiger partial charge in [0.1, 0.15) is 5.54 Å². The second-order valence-electron chi connectivity index (χ2n) is 5.47. The van der Waals surface area contributed by atoms with Crippen molar-refractivity contribution in [1.29, 1.82) is 5.26 Å². The van der Waals surface area contributed by atoms with E-state index in [2.05, 4.69) is 28.4 Å². The number of benzene rings is 1. The van der Waals surface area contributed by atoms with Gasteiger partial charge in [-0.2, -0.15) is 5.26 Å². The molecule has 1 aromatic carbocycles. The highest BCUT2D eigenvalue weighted by atomic mass is 15.2. The average molecular weight is 241 g/mol. The number of piperidine rings is 3. The number of nitriles is 1. The summed E-state index contributed by atoms with van der Waals surface area (Å²) < 4.78 is 0. The first-order valence-electron chi connectivity index (χ1n) is 6.75. The standard InChI is InChI=1S/C15H19N3/c16-11-15(12-18-8-6-14(15)7-9-18)17-10-13-4-2-1-3-5-13/h1-5,14,17H,6-10,12H2/t15-/m1/s1. The first-order valence-corrected chi connectivity index (χ1v) is 6.75. The summed E-state index contributed by atoms with van der Waals surface area (Å²) in [6.07, 6.45) is 2.32. The molecule has 0 aliphatic carbocycles. The van der Waals surface area contributed by atoms with Gasteiger partial charge in [0.15, 0.2) is 0 Å². The molecule has 3 nitrogen and oxygen atoms in total. The molecule has 1 aromatic rings. The van der Waals surface area contributed by atoms with Crippen molar-refractivity contribution in [1.82, 2.24) is 10.2 Å². The molecule has 1 atom stereocenters. The Hall–Kier alpha value is -1.37. The largest absolute Gasteiger partial charge is 0.300 e. The van der Waals surface area contributed by atoms with Crippen LogP contribution in [0.3, 0.4) is 0 Å². The van der Waals surface area contributed by atoms with Crippen LogP contribution in [0.25, 0.3) is 0 Å². The Labute approximate surface area is 108 Å². The van der Waals surface area contributed by atoms with Crippen molar-refractivity contribution in [3.63, 3.8) is 0 Å². The Morgan fingerprint density at radius 1 is 1.28 bits per heavy atom. The van der Waals surface area contributed by atoms with Gasteiger partial charge >= 0.3 is 0 Å². The van der Waals surface area contributed by atoms with Crippen LogP contribution in [0.4, 0.5) is 0 Å². The highest BCUT2D eigenvalue weighted by Crippen LogP contribution is 2.35. The fraction of sp³-hybridized carbons (Fsp3) is 0.533. The summed E-state index contributed by atoms with van der Waals surface area (Å²) in [4.78, 5) is 2.42. The van der Waals surface area contributed by atoms with Crippen LogP contribution in [-0.4, -0.2) is 30.1 Å². The molecule has 0 saturated carbocycles. The molecule has 18 heavy (non-hydrogen) atoms. The van der Waals surface area contributed by atoms with Crippen molar-refractivity contribution in [3.05, 3.63) is 35.9 Å². The number of nitrogens with zero attached hydrogens (tertiary/aromatic N) is 2. The lowest BCUT2D eigenvalue weighted by Crippen LogP contribution is -2.64. The number of fused-ring (bicyclic) bond motifs is 3. The number of rotatable bonds is 3. The zero-order valence-electron chi connectivity index (χ0n) is 10.6. The van der Waals surface area contributed by atoms with Crippen molar-refractivity contribution in [2.24, 2.45) is 5.92 Å². The van der Waals surface area contributed by atoms with Gasteiger partial charge in [-0.25, -0.2) is 0 Å². The van der Waals surface area contributed by atoms with E-state index in [0.717, 1.165) is 25.9 Å². The third-order valence-corrected chi connectivity index (χ3v) is 4.41. The Bertz CT molecular complexity index is 443. The van der Waals surface area contributed by atoms with Crippen LogP contribution in [0.2, 0.25) is 0 Å². The Morgan fingerprint density at radius 2 is 2.00 bits per heavy atom. The first-order chi connectivity index (χ1) is 8.82. The summed E-state index contributed by atoms with van der Waals surface area (Å²) in [5.41, 5.74) is 0.926. The van der Waals surface area contributed by atoms with Gasteiger partial charge < -0.3 is 4.90 Å². The molecule has 0 amide bonds. The van der Waals surface area contributed by atoms with Crippen LogP contribution >= 0.6 is 0 Å². The molecular weight excluding hydrogens is 222 g/mol. The Kier molecular flexibility index (Phi) is 3.07. The number of nitrogens with one attached hydrogen (secondary N) is 1. The zero-order chi connectivity index (χ0) is 12.4. The molecule has 1 N–H and O–H groups in total. The summed E-state index contributed by atoms with van der Waals surface area (Å²) in [5, 5.41) is 13.1. The molecule has 3 aliphatic rings. The molecule has 0 aromatic heterocycles. The molecule has 3 saturated heterocycles. The smallest absolute Gasteiger partial charge is 0.122 e. The second-order valence-corrected chi connectivity index (χ2v) is 5.47. The maximum atomic E-state index is 9.60. The van der Waals surface area contributed by atoms with E-state index in [1.807, 2.05) is 18.2 Å².